The van der Waals surface area contributed by atoms with Gasteiger partial charge in [0.1, 0.15) is 28.9 Å². The first kappa shape index (κ1) is 18.9. The van der Waals surface area contributed by atoms with Crippen molar-refractivity contribution in [1.29, 1.82) is 0 Å². The highest BCUT2D eigenvalue weighted by Gasteiger charge is 2.38. The Labute approximate surface area is 186 Å². The lowest BCUT2D eigenvalue weighted by Gasteiger charge is -2.30. The summed E-state index contributed by atoms with van der Waals surface area (Å²) in [5.74, 6) is 1.99. The largest absolute Gasteiger partial charge is 0.486 e. The molecule has 3 aromatic carbocycles. The summed E-state index contributed by atoms with van der Waals surface area (Å²) < 4.78 is 12.4. The van der Waals surface area contributed by atoms with E-state index in [1.807, 2.05) is 83.8 Å². The molecule has 5 heteroatoms. The number of fused-ring (bicyclic) bond motifs is 3. The Kier molecular flexibility index (Phi) is 4.53. The number of nitrogens with zero attached hydrogens (tertiary/aromatic N) is 2. The van der Waals surface area contributed by atoms with Gasteiger partial charge < -0.3 is 14.4 Å². The third kappa shape index (κ3) is 3.17. The molecule has 3 heterocycles. The van der Waals surface area contributed by atoms with Gasteiger partial charge in [0.25, 0.3) is 0 Å². The standard InChI is InChI=1S/C27H22N2O3/c30-27(25-20-9-1-3-11-22(20)32-23-12-4-2-10-21(23)25)29-16-14-19(17-29)31-24-13-5-7-18-8-6-15-28-26(18)24/h1-13,15,19,25H,14,16-17H2. The maximum Gasteiger partial charge on any atom is 0.234 e. The molecule has 0 spiro atoms. The second-order valence-electron chi connectivity index (χ2n) is 8.25. The van der Waals surface area contributed by atoms with Crippen LogP contribution in [-0.2, 0) is 4.79 Å². The zero-order valence-electron chi connectivity index (χ0n) is 17.5. The Morgan fingerprint density at radius 2 is 1.62 bits per heavy atom. The SMILES string of the molecule is O=C(C1c2ccccc2Oc2ccccc21)N1CCC(Oc2cccc3cccnc23)C1. The zero-order chi connectivity index (χ0) is 21.5. The molecule has 4 aromatic rings. The molecule has 0 saturated carbocycles. The van der Waals surface area contributed by atoms with E-state index in [4.69, 9.17) is 9.47 Å². The molecule has 32 heavy (non-hydrogen) atoms. The van der Waals surface area contributed by atoms with Gasteiger partial charge in [-0.2, -0.15) is 0 Å². The van der Waals surface area contributed by atoms with E-state index in [9.17, 15) is 4.79 Å². The molecule has 1 saturated heterocycles. The summed E-state index contributed by atoms with van der Waals surface area (Å²) in [5.41, 5.74) is 2.68. The minimum atomic E-state index is -0.367. The molecule has 6 rings (SSSR count). The van der Waals surface area contributed by atoms with Gasteiger partial charge in [-0.25, -0.2) is 0 Å². The third-order valence-corrected chi connectivity index (χ3v) is 6.27. The fourth-order valence-corrected chi connectivity index (χ4v) is 4.73. The number of para-hydroxylation sites is 3. The van der Waals surface area contributed by atoms with E-state index in [0.29, 0.717) is 13.1 Å². The van der Waals surface area contributed by atoms with Crippen molar-refractivity contribution in [2.75, 3.05) is 13.1 Å². The highest BCUT2D eigenvalue weighted by Crippen LogP contribution is 2.45. The van der Waals surface area contributed by atoms with E-state index in [2.05, 4.69) is 4.98 Å². The summed E-state index contributed by atoms with van der Waals surface area (Å²) in [6.45, 7) is 1.23. The van der Waals surface area contributed by atoms with Crippen LogP contribution in [0.1, 0.15) is 23.5 Å². The zero-order valence-corrected chi connectivity index (χ0v) is 17.5. The first-order valence-corrected chi connectivity index (χ1v) is 10.9. The van der Waals surface area contributed by atoms with Gasteiger partial charge in [-0.1, -0.05) is 54.6 Å². The number of likely N-dealkylation sites (tertiary alicyclic amines) is 1. The number of hydrogen-bond acceptors (Lipinski definition) is 4. The summed E-state index contributed by atoms with van der Waals surface area (Å²) >= 11 is 0. The molecule has 0 radical (unpaired) electrons. The highest BCUT2D eigenvalue weighted by atomic mass is 16.5. The number of carbonyl (C=O) groups is 1. The smallest absolute Gasteiger partial charge is 0.234 e. The van der Waals surface area contributed by atoms with Gasteiger partial charge in [0.2, 0.25) is 5.91 Å². The van der Waals surface area contributed by atoms with E-state index < -0.39 is 0 Å². The van der Waals surface area contributed by atoms with Crippen LogP contribution in [0.5, 0.6) is 17.2 Å². The van der Waals surface area contributed by atoms with Crippen molar-refractivity contribution in [2.24, 2.45) is 0 Å². The molecule has 1 atom stereocenters. The summed E-state index contributed by atoms with van der Waals surface area (Å²) in [4.78, 5) is 20.1. The molecular weight excluding hydrogens is 400 g/mol. The Morgan fingerprint density at radius 1 is 0.906 bits per heavy atom. The van der Waals surface area contributed by atoms with E-state index in [1.165, 1.54) is 0 Å². The van der Waals surface area contributed by atoms with Crippen molar-refractivity contribution in [1.82, 2.24) is 9.88 Å². The number of benzene rings is 3. The van der Waals surface area contributed by atoms with Gasteiger partial charge in [0, 0.05) is 35.7 Å². The van der Waals surface area contributed by atoms with Crippen LogP contribution in [-0.4, -0.2) is 35.0 Å². The molecule has 0 N–H and O–H groups in total. The summed E-state index contributed by atoms with van der Waals surface area (Å²) in [6.07, 6.45) is 2.51. The van der Waals surface area contributed by atoms with Crippen LogP contribution in [0.4, 0.5) is 0 Å². The maximum atomic E-state index is 13.7. The first-order valence-electron chi connectivity index (χ1n) is 10.9. The van der Waals surface area contributed by atoms with Crippen molar-refractivity contribution >= 4 is 16.8 Å². The van der Waals surface area contributed by atoms with Crippen molar-refractivity contribution in [2.45, 2.75) is 18.4 Å². The Hall–Kier alpha value is -3.86. The highest BCUT2D eigenvalue weighted by molar-refractivity contribution is 5.90. The van der Waals surface area contributed by atoms with E-state index in [0.717, 1.165) is 45.7 Å². The Bertz CT molecular complexity index is 1270. The first-order chi connectivity index (χ1) is 15.8. The average molecular weight is 422 g/mol. The number of rotatable bonds is 3. The second-order valence-corrected chi connectivity index (χ2v) is 8.25. The minimum Gasteiger partial charge on any atom is -0.486 e. The molecular formula is C27H22N2O3. The van der Waals surface area contributed by atoms with Crippen molar-refractivity contribution < 1.29 is 14.3 Å². The second kappa shape index (κ2) is 7.68. The van der Waals surface area contributed by atoms with Gasteiger partial charge in [-0.3, -0.25) is 9.78 Å². The van der Waals surface area contributed by atoms with Gasteiger partial charge >= 0.3 is 0 Å². The number of aromatic nitrogens is 1. The molecule has 5 nitrogen and oxygen atoms in total. The Balaban J connectivity index is 1.26. The van der Waals surface area contributed by atoms with Gasteiger partial charge in [0.05, 0.1) is 12.5 Å². The number of pyridine rings is 1. The molecule has 1 unspecified atom stereocenters. The lowest BCUT2D eigenvalue weighted by molar-refractivity contribution is -0.131. The Morgan fingerprint density at radius 3 is 2.41 bits per heavy atom. The average Bonchev–Trinajstić information content (AvgIpc) is 3.31. The fourth-order valence-electron chi connectivity index (χ4n) is 4.73. The van der Waals surface area contributed by atoms with Gasteiger partial charge in [-0.05, 0) is 24.3 Å². The number of amides is 1. The van der Waals surface area contributed by atoms with Crippen LogP contribution in [0.15, 0.2) is 85.1 Å². The summed E-state index contributed by atoms with van der Waals surface area (Å²) in [7, 11) is 0. The predicted molar refractivity (Wildman–Crippen MR) is 122 cm³/mol. The molecule has 2 aliphatic heterocycles. The van der Waals surface area contributed by atoms with E-state index in [-0.39, 0.29) is 17.9 Å². The molecule has 1 amide bonds. The van der Waals surface area contributed by atoms with Crippen LogP contribution in [0.25, 0.3) is 10.9 Å². The van der Waals surface area contributed by atoms with Crippen LogP contribution < -0.4 is 9.47 Å². The van der Waals surface area contributed by atoms with E-state index in [1.54, 1.807) is 6.20 Å². The van der Waals surface area contributed by atoms with Gasteiger partial charge in [0.15, 0.2) is 0 Å². The monoisotopic (exact) mass is 422 g/mol. The minimum absolute atomic E-state index is 0.0584. The molecule has 2 aliphatic rings. The predicted octanol–water partition coefficient (Wildman–Crippen LogP) is 5.15. The van der Waals surface area contributed by atoms with Crippen molar-refractivity contribution in [3.63, 3.8) is 0 Å². The van der Waals surface area contributed by atoms with Crippen molar-refractivity contribution in [3.8, 4) is 17.2 Å². The summed E-state index contributed by atoms with van der Waals surface area (Å²) in [5, 5.41) is 1.05. The molecule has 158 valence electrons. The van der Waals surface area contributed by atoms with Crippen LogP contribution in [0, 0.1) is 0 Å². The normalized spacial score (nSPS) is 17.5. The number of ether oxygens (including phenoxy) is 2. The molecule has 0 bridgehead atoms. The van der Waals surface area contributed by atoms with Crippen LogP contribution >= 0.6 is 0 Å². The quantitative estimate of drug-likeness (QED) is 0.458. The molecule has 1 aromatic heterocycles. The number of carbonyl (C=O) groups excluding carboxylic acids is 1. The van der Waals surface area contributed by atoms with Crippen LogP contribution in [0.3, 0.4) is 0 Å². The molecule has 0 aliphatic carbocycles. The number of hydrogen-bond donors (Lipinski definition) is 0. The lowest BCUT2D eigenvalue weighted by atomic mass is 9.87. The maximum absolute atomic E-state index is 13.7. The molecule has 1 fully saturated rings. The van der Waals surface area contributed by atoms with E-state index >= 15 is 0 Å². The van der Waals surface area contributed by atoms with Crippen LogP contribution in [0.2, 0.25) is 0 Å². The topological polar surface area (TPSA) is 51.7 Å². The lowest BCUT2D eigenvalue weighted by Crippen LogP contribution is -2.36. The third-order valence-electron chi connectivity index (χ3n) is 6.27. The van der Waals surface area contributed by atoms with Gasteiger partial charge in [-0.15, -0.1) is 0 Å². The summed E-state index contributed by atoms with van der Waals surface area (Å²) in [6, 6.07) is 25.5. The fraction of sp³-hybridized carbons (Fsp3) is 0.185. The van der Waals surface area contributed by atoms with Crippen molar-refractivity contribution in [3.05, 3.63) is 96.2 Å².